The molecule has 0 atom stereocenters. The minimum atomic E-state index is -3.52. The molecule has 1 heterocycles. The summed E-state index contributed by atoms with van der Waals surface area (Å²) in [5.41, 5.74) is 0.0484. The second-order valence-electron chi connectivity index (χ2n) is 5.90. The number of anilines is 1. The third kappa shape index (κ3) is 4.76. The van der Waals surface area contributed by atoms with Crippen LogP contribution in [0.25, 0.3) is 10.6 Å². The van der Waals surface area contributed by atoms with Crippen molar-refractivity contribution in [2.75, 3.05) is 12.4 Å². The van der Waals surface area contributed by atoms with Gasteiger partial charge in [0.1, 0.15) is 16.4 Å². The van der Waals surface area contributed by atoms with Crippen LogP contribution in [0.15, 0.2) is 34.5 Å². The van der Waals surface area contributed by atoms with Crippen LogP contribution >= 0.6 is 11.3 Å². The van der Waals surface area contributed by atoms with E-state index in [9.17, 15) is 13.2 Å². The summed E-state index contributed by atoms with van der Waals surface area (Å²) in [6.45, 7) is 5.31. The zero-order valence-corrected chi connectivity index (χ0v) is 15.4. The first-order valence-corrected chi connectivity index (χ1v) is 9.46. The Morgan fingerprint density at radius 3 is 2.62 bits per heavy atom. The molecular weight excluding hydrogens is 350 g/mol. The predicted octanol–water partition coefficient (Wildman–Crippen LogP) is 3.07. The lowest BCUT2D eigenvalue weighted by Gasteiger charge is -2.19. The highest BCUT2D eigenvalue weighted by molar-refractivity contribution is 7.89. The summed E-state index contributed by atoms with van der Waals surface area (Å²) >= 11 is 1.29. The van der Waals surface area contributed by atoms with Gasteiger partial charge in [0.15, 0.2) is 0 Å². The maximum atomic E-state index is 11.9. The quantitative estimate of drug-likeness (QED) is 0.863. The topological polar surface area (TPSA) is 97.4 Å². The SMILES string of the molecule is CNS(=O)(=O)c1cccc(-c2nc(NC(=O)OC(C)(C)C)cs2)c1. The number of amides is 1. The first kappa shape index (κ1) is 18.4. The number of carbonyl (C=O) groups is 1. The van der Waals surface area contributed by atoms with E-state index in [1.165, 1.54) is 30.5 Å². The molecule has 0 saturated heterocycles. The van der Waals surface area contributed by atoms with Crippen LogP contribution < -0.4 is 10.0 Å². The first-order chi connectivity index (χ1) is 11.1. The number of rotatable bonds is 4. The van der Waals surface area contributed by atoms with Crippen molar-refractivity contribution in [3.63, 3.8) is 0 Å². The van der Waals surface area contributed by atoms with E-state index in [-0.39, 0.29) is 4.90 Å². The summed E-state index contributed by atoms with van der Waals surface area (Å²) in [7, 11) is -2.17. The highest BCUT2D eigenvalue weighted by Gasteiger charge is 2.18. The van der Waals surface area contributed by atoms with Crippen LogP contribution in [0, 0.1) is 0 Å². The molecule has 1 amide bonds. The average molecular weight is 369 g/mol. The van der Waals surface area contributed by atoms with Gasteiger partial charge in [-0.05, 0) is 40.0 Å². The van der Waals surface area contributed by atoms with E-state index in [1.807, 2.05) is 0 Å². The normalized spacial score (nSPS) is 12.0. The molecule has 2 aromatic rings. The van der Waals surface area contributed by atoms with E-state index in [2.05, 4.69) is 15.0 Å². The minimum Gasteiger partial charge on any atom is -0.444 e. The third-order valence-corrected chi connectivity index (χ3v) is 5.10. The number of nitrogens with one attached hydrogen (secondary N) is 2. The van der Waals surface area contributed by atoms with Gasteiger partial charge in [-0.15, -0.1) is 11.3 Å². The molecule has 0 saturated carbocycles. The number of aromatic nitrogens is 1. The average Bonchev–Trinajstić information content (AvgIpc) is 2.93. The van der Waals surface area contributed by atoms with Crippen LogP contribution in [0.1, 0.15) is 20.8 Å². The lowest BCUT2D eigenvalue weighted by atomic mass is 10.2. The van der Waals surface area contributed by atoms with Gasteiger partial charge in [0, 0.05) is 10.9 Å². The number of hydrogen-bond acceptors (Lipinski definition) is 6. The number of thiazole rings is 1. The zero-order chi connectivity index (χ0) is 18.0. The van der Waals surface area contributed by atoms with Crippen molar-refractivity contribution in [1.82, 2.24) is 9.71 Å². The van der Waals surface area contributed by atoms with Gasteiger partial charge in [0.05, 0.1) is 4.90 Å². The van der Waals surface area contributed by atoms with Crippen LogP contribution in [0.2, 0.25) is 0 Å². The van der Waals surface area contributed by atoms with E-state index in [0.29, 0.717) is 16.4 Å². The Morgan fingerprint density at radius 2 is 2.00 bits per heavy atom. The highest BCUT2D eigenvalue weighted by atomic mass is 32.2. The van der Waals surface area contributed by atoms with Crippen molar-refractivity contribution >= 4 is 33.3 Å². The molecule has 0 radical (unpaired) electrons. The lowest BCUT2D eigenvalue weighted by Crippen LogP contribution is -2.27. The van der Waals surface area contributed by atoms with Gasteiger partial charge in [-0.3, -0.25) is 5.32 Å². The molecule has 0 fully saturated rings. The molecule has 1 aromatic heterocycles. The van der Waals surface area contributed by atoms with Gasteiger partial charge in [0.25, 0.3) is 0 Å². The molecule has 130 valence electrons. The fourth-order valence-corrected chi connectivity index (χ4v) is 3.31. The Morgan fingerprint density at radius 1 is 1.29 bits per heavy atom. The first-order valence-electron chi connectivity index (χ1n) is 7.10. The van der Waals surface area contributed by atoms with Gasteiger partial charge in [-0.2, -0.15) is 0 Å². The molecule has 0 aliphatic rings. The van der Waals surface area contributed by atoms with Crippen LogP contribution in [-0.4, -0.2) is 32.1 Å². The lowest BCUT2D eigenvalue weighted by molar-refractivity contribution is 0.0635. The Kier molecular flexibility index (Phi) is 5.26. The van der Waals surface area contributed by atoms with Gasteiger partial charge < -0.3 is 4.74 Å². The zero-order valence-electron chi connectivity index (χ0n) is 13.8. The summed E-state index contributed by atoms with van der Waals surface area (Å²) in [6.07, 6.45) is -0.592. The molecular formula is C15H19N3O4S2. The number of benzene rings is 1. The largest absolute Gasteiger partial charge is 0.444 e. The molecule has 0 aliphatic heterocycles. The second-order valence-corrected chi connectivity index (χ2v) is 8.64. The molecule has 0 bridgehead atoms. The molecule has 0 spiro atoms. The predicted molar refractivity (Wildman–Crippen MR) is 93.7 cm³/mol. The molecule has 9 heteroatoms. The second kappa shape index (κ2) is 6.88. The van der Waals surface area contributed by atoms with Gasteiger partial charge in [0.2, 0.25) is 10.0 Å². The van der Waals surface area contributed by atoms with Crippen LogP contribution in [0.5, 0.6) is 0 Å². The van der Waals surface area contributed by atoms with Crippen molar-refractivity contribution in [3.8, 4) is 10.6 Å². The fourth-order valence-electron chi connectivity index (χ4n) is 1.79. The van der Waals surface area contributed by atoms with E-state index in [4.69, 9.17) is 4.74 Å². The number of hydrogen-bond donors (Lipinski definition) is 2. The molecule has 7 nitrogen and oxygen atoms in total. The van der Waals surface area contributed by atoms with E-state index < -0.39 is 21.7 Å². The number of ether oxygens (including phenoxy) is 1. The van der Waals surface area contributed by atoms with Gasteiger partial charge >= 0.3 is 6.09 Å². The summed E-state index contributed by atoms with van der Waals surface area (Å²) in [5, 5.41) is 4.81. The number of nitrogens with zero attached hydrogens (tertiary/aromatic N) is 1. The summed E-state index contributed by atoms with van der Waals surface area (Å²) in [4.78, 5) is 16.2. The summed E-state index contributed by atoms with van der Waals surface area (Å²) < 4.78 is 31.2. The molecule has 0 aliphatic carbocycles. The Balaban J connectivity index is 2.19. The van der Waals surface area contributed by atoms with Crippen molar-refractivity contribution in [3.05, 3.63) is 29.6 Å². The van der Waals surface area contributed by atoms with E-state index in [0.717, 1.165) is 0 Å². The van der Waals surface area contributed by atoms with E-state index >= 15 is 0 Å². The highest BCUT2D eigenvalue weighted by Crippen LogP contribution is 2.27. The molecule has 2 rings (SSSR count). The minimum absolute atomic E-state index is 0.152. The Bertz CT molecular complexity index is 838. The van der Waals surface area contributed by atoms with Crippen molar-refractivity contribution in [2.24, 2.45) is 0 Å². The van der Waals surface area contributed by atoms with Crippen LogP contribution in [-0.2, 0) is 14.8 Å². The van der Waals surface area contributed by atoms with Crippen molar-refractivity contribution in [2.45, 2.75) is 31.3 Å². The smallest absolute Gasteiger partial charge is 0.413 e. The third-order valence-electron chi connectivity index (χ3n) is 2.79. The van der Waals surface area contributed by atoms with Crippen LogP contribution in [0.4, 0.5) is 10.6 Å². The monoisotopic (exact) mass is 369 g/mol. The van der Waals surface area contributed by atoms with Crippen molar-refractivity contribution < 1.29 is 17.9 Å². The molecule has 2 N–H and O–H groups in total. The number of carbonyl (C=O) groups excluding carboxylic acids is 1. The standard InChI is InChI=1S/C15H19N3O4S2/c1-15(2,3)22-14(19)18-12-9-23-13(17-12)10-6-5-7-11(8-10)24(20,21)16-4/h5-9,16H,1-4H3,(H,18,19). The van der Waals surface area contributed by atoms with E-state index in [1.54, 1.807) is 38.3 Å². The Labute approximate surface area is 145 Å². The molecule has 0 unspecified atom stereocenters. The number of sulfonamides is 1. The summed E-state index contributed by atoms with van der Waals surface area (Å²) in [6, 6.07) is 6.43. The van der Waals surface area contributed by atoms with Crippen LogP contribution in [0.3, 0.4) is 0 Å². The maximum Gasteiger partial charge on any atom is 0.413 e. The fraction of sp³-hybridized carbons (Fsp3) is 0.333. The Hall–Kier alpha value is -1.97. The maximum absolute atomic E-state index is 11.9. The van der Waals surface area contributed by atoms with Gasteiger partial charge in [-0.25, -0.2) is 22.9 Å². The van der Waals surface area contributed by atoms with Crippen molar-refractivity contribution in [1.29, 1.82) is 0 Å². The van der Waals surface area contributed by atoms with Gasteiger partial charge in [-0.1, -0.05) is 12.1 Å². The summed E-state index contributed by atoms with van der Waals surface area (Å²) in [5.74, 6) is 0.353. The molecule has 1 aromatic carbocycles. The molecule has 24 heavy (non-hydrogen) atoms.